The number of hydrogen-bond acceptors (Lipinski definition) is 2. The number of quaternary nitrogens is 1. The Kier molecular flexibility index (Phi) is 7.26. The van der Waals surface area contributed by atoms with Crippen LogP contribution in [0.2, 0.25) is 10.0 Å². The quantitative estimate of drug-likeness (QED) is 0.700. The van der Waals surface area contributed by atoms with Crippen molar-refractivity contribution < 1.29 is 19.2 Å². The second-order valence-electron chi connectivity index (χ2n) is 6.12. The van der Waals surface area contributed by atoms with E-state index in [1.807, 2.05) is 36.5 Å². The summed E-state index contributed by atoms with van der Waals surface area (Å²) in [5.41, 5.74) is 1.57. The molecule has 0 saturated carbocycles. The minimum Gasteiger partial charge on any atom is -0.497 e. The van der Waals surface area contributed by atoms with Gasteiger partial charge in [-0.3, -0.25) is 4.79 Å². The average Bonchev–Trinajstić information content (AvgIpc) is 2.62. The Hall–Kier alpha value is -1.82. The van der Waals surface area contributed by atoms with Crippen LogP contribution in [0.5, 0.6) is 5.75 Å². The molecule has 0 aliphatic heterocycles. The number of amides is 1. The van der Waals surface area contributed by atoms with Gasteiger partial charge in [0.1, 0.15) is 17.6 Å². The first-order valence-electron chi connectivity index (χ1n) is 8.22. The van der Waals surface area contributed by atoms with E-state index in [0.717, 1.165) is 11.3 Å². The van der Waals surface area contributed by atoms with Gasteiger partial charge in [0.2, 0.25) is 0 Å². The summed E-state index contributed by atoms with van der Waals surface area (Å²) in [6, 6.07) is 9.61. The molecule has 1 amide bonds. The van der Waals surface area contributed by atoms with Gasteiger partial charge in [0.25, 0.3) is 5.91 Å². The van der Waals surface area contributed by atoms with E-state index in [-0.39, 0.29) is 23.0 Å². The number of rotatable bonds is 7. The lowest BCUT2D eigenvalue weighted by Crippen LogP contribution is -2.92. The van der Waals surface area contributed by atoms with Gasteiger partial charge < -0.3 is 15.4 Å². The summed E-state index contributed by atoms with van der Waals surface area (Å²) in [7, 11) is 1.61. The average molecular weight is 400 g/mol. The Morgan fingerprint density at radius 3 is 2.46 bits per heavy atom. The van der Waals surface area contributed by atoms with Crippen LogP contribution >= 0.6 is 23.2 Å². The minimum absolute atomic E-state index is 0.0174. The van der Waals surface area contributed by atoms with Gasteiger partial charge in [0.05, 0.1) is 17.2 Å². The third kappa shape index (κ3) is 5.34. The van der Waals surface area contributed by atoms with Crippen LogP contribution < -0.4 is 15.4 Å². The summed E-state index contributed by atoms with van der Waals surface area (Å²) in [6.07, 6.45) is 0. The molecule has 26 heavy (non-hydrogen) atoms. The molecule has 0 aliphatic rings. The van der Waals surface area contributed by atoms with Crippen LogP contribution in [0, 0.1) is 5.82 Å². The third-order valence-corrected chi connectivity index (χ3v) is 4.76. The number of methoxy groups -OCH3 is 1. The van der Waals surface area contributed by atoms with E-state index in [9.17, 15) is 9.18 Å². The fourth-order valence-electron chi connectivity index (χ4n) is 2.60. The van der Waals surface area contributed by atoms with E-state index in [1.165, 1.54) is 12.1 Å². The van der Waals surface area contributed by atoms with Crippen LogP contribution in [0.15, 0.2) is 36.4 Å². The summed E-state index contributed by atoms with van der Waals surface area (Å²) in [4.78, 5) is 12.3. The molecule has 0 unspecified atom stereocenters. The molecule has 0 aromatic heterocycles. The van der Waals surface area contributed by atoms with E-state index in [2.05, 4.69) is 5.32 Å². The smallest absolute Gasteiger partial charge is 0.278 e. The molecule has 0 spiro atoms. The summed E-state index contributed by atoms with van der Waals surface area (Å²) in [5.74, 6) is 0.129. The van der Waals surface area contributed by atoms with Crippen molar-refractivity contribution in [1.82, 2.24) is 5.32 Å². The zero-order valence-electron chi connectivity index (χ0n) is 14.9. The van der Waals surface area contributed by atoms with Crippen LogP contribution in [-0.2, 0) is 11.3 Å². The van der Waals surface area contributed by atoms with Crippen molar-refractivity contribution in [2.75, 3.05) is 7.11 Å². The fourth-order valence-corrected chi connectivity index (χ4v) is 3.16. The fraction of sp³-hybridized carbons (Fsp3) is 0.316. The number of benzene rings is 2. The van der Waals surface area contributed by atoms with Crippen molar-refractivity contribution in [3.05, 3.63) is 63.4 Å². The first-order valence-corrected chi connectivity index (χ1v) is 8.97. The number of nitrogens with one attached hydrogen (secondary N) is 1. The molecule has 140 valence electrons. The molecular weight excluding hydrogens is 378 g/mol. The van der Waals surface area contributed by atoms with Gasteiger partial charge in [-0.2, -0.15) is 0 Å². The Balaban J connectivity index is 1.92. The number of carbonyl (C=O) groups excluding carboxylic acids is 1. The summed E-state index contributed by atoms with van der Waals surface area (Å²) in [5, 5.41) is 5.08. The Morgan fingerprint density at radius 2 is 1.85 bits per heavy atom. The van der Waals surface area contributed by atoms with Gasteiger partial charge in [-0.15, -0.1) is 0 Å². The van der Waals surface area contributed by atoms with Gasteiger partial charge in [0.15, 0.2) is 6.04 Å². The van der Waals surface area contributed by atoms with Crippen molar-refractivity contribution in [2.45, 2.75) is 32.5 Å². The van der Waals surface area contributed by atoms with E-state index < -0.39 is 5.82 Å². The number of nitrogens with two attached hydrogens (primary N) is 1. The lowest BCUT2D eigenvalue weighted by Gasteiger charge is -2.18. The maximum absolute atomic E-state index is 13.7. The molecule has 2 rings (SSSR count). The maximum Gasteiger partial charge on any atom is 0.278 e. The molecule has 0 bridgehead atoms. The van der Waals surface area contributed by atoms with Crippen molar-refractivity contribution >= 4 is 29.1 Å². The number of halogens is 3. The molecule has 0 heterocycles. The normalized spacial score (nSPS) is 13.2. The molecule has 7 heteroatoms. The van der Waals surface area contributed by atoms with Crippen molar-refractivity contribution in [3.8, 4) is 5.75 Å². The second-order valence-corrected chi connectivity index (χ2v) is 6.94. The van der Waals surface area contributed by atoms with Gasteiger partial charge in [0, 0.05) is 12.1 Å². The van der Waals surface area contributed by atoms with Crippen molar-refractivity contribution in [3.63, 3.8) is 0 Å². The van der Waals surface area contributed by atoms with Gasteiger partial charge in [-0.1, -0.05) is 35.3 Å². The molecule has 2 aromatic rings. The SMILES string of the molecule is COc1ccc(CNC(=O)[C@@H](C)[NH2+][C@H](C)c2cc(F)c(Cl)cc2Cl)cc1. The molecule has 4 nitrogen and oxygen atoms in total. The van der Waals surface area contributed by atoms with E-state index in [1.54, 1.807) is 14.0 Å². The lowest BCUT2D eigenvalue weighted by molar-refractivity contribution is -0.710. The van der Waals surface area contributed by atoms with E-state index >= 15 is 0 Å². The Labute approximate surface area is 162 Å². The lowest BCUT2D eigenvalue weighted by atomic mass is 10.1. The number of hydrogen-bond donors (Lipinski definition) is 2. The molecule has 0 fully saturated rings. The first kappa shape index (κ1) is 20.5. The standard InChI is InChI=1S/C19H21Cl2FN2O2/c1-11(15-8-18(22)17(21)9-16(15)20)24-12(2)19(25)23-10-13-4-6-14(26-3)7-5-13/h4-9,11-12,24H,10H2,1-3H3,(H,23,25)/p+1/t11-,12-/m1/s1. The summed E-state index contributed by atoms with van der Waals surface area (Å²) in [6.45, 7) is 4.08. The topological polar surface area (TPSA) is 54.9 Å². The highest BCUT2D eigenvalue weighted by Crippen LogP contribution is 2.27. The van der Waals surface area contributed by atoms with Crippen molar-refractivity contribution in [1.29, 1.82) is 0 Å². The second kappa shape index (κ2) is 9.21. The van der Waals surface area contributed by atoms with Crippen LogP contribution in [0.3, 0.4) is 0 Å². The predicted octanol–water partition coefficient (Wildman–Crippen LogP) is 3.47. The highest BCUT2D eigenvalue weighted by Gasteiger charge is 2.22. The molecule has 2 atom stereocenters. The zero-order chi connectivity index (χ0) is 19.3. The maximum atomic E-state index is 13.7. The minimum atomic E-state index is -0.525. The molecule has 0 aliphatic carbocycles. The molecule has 0 radical (unpaired) electrons. The van der Waals surface area contributed by atoms with E-state index in [4.69, 9.17) is 27.9 Å². The zero-order valence-corrected chi connectivity index (χ0v) is 16.4. The monoisotopic (exact) mass is 399 g/mol. The van der Waals surface area contributed by atoms with Gasteiger partial charge in [-0.25, -0.2) is 4.39 Å². The largest absolute Gasteiger partial charge is 0.497 e. The third-order valence-electron chi connectivity index (χ3n) is 4.15. The molecule has 0 saturated heterocycles. The van der Waals surface area contributed by atoms with Crippen molar-refractivity contribution in [2.24, 2.45) is 0 Å². The van der Waals surface area contributed by atoms with Crippen LogP contribution in [0.4, 0.5) is 4.39 Å². The Bertz CT molecular complexity index is 769. The first-order chi connectivity index (χ1) is 12.3. The molecular formula is C19H22Cl2FN2O2+. The molecule has 2 aromatic carbocycles. The van der Waals surface area contributed by atoms with Gasteiger partial charge >= 0.3 is 0 Å². The number of carbonyl (C=O) groups is 1. The van der Waals surface area contributed by atoms with Gasteiger partial charge in [-0.05, 0) is 43.7 Å². The van der Waals surface area contributed by atoms with Crippen LogP contribution in [-0.4, -0.2) is 19.1 Å². The summed E-state index contributed by atoms with van der Waals surface area (Å²) >= 11 is 11.9. The number of ether oxygens (including phenoxy) is 1. The van der Waals surface area contributed by atoms with E-state index in [0.29, 0.717) is 17.1 Å². The van der Waals surface area contributed by atoms with Crippen LogP contribution in [0.1, 0.15) is 31.0 Å². The van der Waals surface area contributed by atoms with Crippen LogP contribution in [0.25, 0.3) is 0 Å². The predicted molar refractivity (Wildman–Crippen MR) is 101 cm³/mol. The highest BCUT2D eigenvalue weighted by molar-refractivity contribution is 6.35. The Morgan fingerprint density at radius 1 is 1.19 bits per heavy atom. The highest BCUT2D eigenvalue weighted by atomic mass is 35.5. The summed E-state index contributed by atoms with van der Waals surface area (Å²) < 4.78 is 18.8. The molecule has 3 N–H and O–H groups in total.